The van der Waals surface area contributed by atoms with Crippen molar-refractivity contribution < 1.29 is 19.1 Å². The number of hydrogen-bond acceptors (Lipinski definition) is 4. The zero-order chi connectivity index (χ0) is 18.1. The van der Waals surface area contributed by atoms with Crippen LogP contribution in [0.1, 0.15) is 18.4 Å². The third kappa shape index (κ3) is 6.47. The summed E-state index contributed by atoms with van der Waals surface area (Å²) >= 11 is 6.00. The molecule has 0 fully saturated rings. The molecule has 0 aliphatic rings. The van der Waals surface area contributed by atoms with E-state index in [1.54, 1.807) is 18.2 Å². The smallest absolute Gasteiger partial charge is 0.306 e. The van der Waals surface area contributed by atoms with Crippen molar-refractivity contribution in [1.29, 1.82) is 0 Å². The molecule has 0 bridgehead atoms. The van der Waals surface area contributed by atoms with E-state index in [2.05, 4.69) is 5.32 Å². The second-order valence-corrected chi connectivity index (χ2v) is 5.76. The van der Waals surface area contributed by atoms with Crippen LogP contribution in [0.5, 0.6) is 5.75 Å². The van der Waals surface area contributed by atoms with Gasteiger partial charge in [-0.25, -0.2) is 0 Å². The maximum atomic E-state index is 11.9. The van der Waals surface area contributed by atoms with Gasteiger partial charge in [-0.3, -0.25) is 9.59 Å². The minimum absolute atomic E-state index is 0.0323. The summed E-state index contributed by atoms with van der Waals surface area (Å²) in [5.74, 6) is -0.137. The van der Waals surface area contributed by atoms with Crippen molar-refractivity contribution in [1.82, 2.24) is 0 Å². The summed E-state index contributed by atoms with van der Waals surface area (Å²) in [4.78, 5) is 23.6. The van der Waals surface area contributed by atoms with Crippen LogP contribution in [0, 0.1) is 0 Å². The number of ether oxygens (including phenoxy) is 2. The van der Waals surface area contributed by atoms with Crippen molar-refractivity contribution in [2.24, 2.45) is 0 Å². The Morgan fingerprint density at radius 1 is 1.08 bits per heavy atom. The van der Waals surface area contributed by atoms with Crippen molar-refractivity contribution in [2.75, 3.05) is 19.0 Å². The monoisotopic (exact) mass is 361 g/mol. The first-order valence-electron chi connectivity index (χ1n) is 7.91. The lowest BCUT2D eigenvalue weighted by Gasteiger charge is -2.08. The minimum atomic E-state index is -0.390. The van der Waals surface area contributed by atoms with Gasteiger partial charge in [-0.05, 0) is 23.8 Å². The van der Waals surface area contributed by atoms with Crippen molar-refractivity contribution in [3.05, 3.63) is 59.1 Å². The first-order valence-corrected chi connectivity index (χ1v) is 8.29. The third-order valence-electron chi connectivity index (χ3n) is 3.49. The summed E-state index contributed by atoms with van der Waals surface area (Å²) in [6.45, 7) is 0.304. The summed E-state index contributed by atoms with van der Waals surface area (Å²) in [5.41, 5.74) is 1.65. The maximum absolute atomic E-state index is 11.9. The van der Waals surface area contributed by atoms with Crippen LogP contribution >= 0.6 is 11.6 Å². The number of amides is 1. The van der Waals surface area contributed by atoms with Gasteiger partial charge in [0.2, 0.25) is 5.91 Å². The molecule has 5 nitrogen and oxygen atoms in total. The second-order valence-electron chi connectivity index (χ2n) is 5.35. The summed E-state index contributed by atoms with van der Waals surface area (Å²) < 4.78 is 10.2. The van der Waals surface area contributed by atoms with Gasteiger partial charge < -0.3 is 14.8 Å². The molecule has 0 saturated carbocycles. The van der Waals surface area contributed by atoms with Gasteiger partial charge in [-0.15, -0.1) is 0 Å². The number of nitrogens with one attached hydrogen (secondary N) is 1. The molecule has 0 aliphatic heterocycles. The number of halogens is 1. The average Bonchev–Trinajstić information content (AvgIpc) is 2.61. The predicted molar refractivity (Wildman–Crippen MR) is 97.0 cm³/mol. The molecule has 0 aromatic heterocycles. The van der Waals surface area contributed by atoms with Crippen LogP contribution in [-0.2, 0) is 20.7 Å². The van der Waals surface area contributed by atoms with E-state index < -0.39 is 0 Å². The van der Waals surface area contributed by atoms with E-state index in [9.17, 15) is 9.59 Å². The molecule has 0 unspecified atom stereocenters. The fraction of sp³-hybridized carbons (Fsp3) is 0.263. The molecule has 132 valence electrons. The Hall–Kier alpha value is -2.53. The quantitative estimate of drug-likeness (QED) is 0.725. The highest BCUT2D eigenvalue weighted by atomic mass is 35.5. The lowest BCUT2D eigenvalue weighted by Crippen LogP contribution is -2.15. The molecule has 0 heterocycles. The molecule has 0 atom stereocenters. The standard InChI is InChI=1S/C19H20ClNO4/c1-24-17-8-7-15(13-16(17)20)21-18(22)9-10-19(23)25-12-11-14-5-3-2-4-6-14/h2-8,13H,9-12H2,1H3,(H,21,22). The number of carbonyl (C=O) groups excluding carboxylic acids is 2. The predicted octanol–water partition coefficient (Wildman–Crippen LogP) is 3.85. The van der Waals surface area contributed by atoms with Crippen molar-refractivity contribution in [2.45, 2.75) is 19.3 Å². The fourth-order valence-corrected chi connectivity index (χ4v) is 2.44. The Morgan fingerprint density at radius 3 is 2.52 bits per heavy atom. The van der Waals surface area contributed by atoms with Crippen LogP contribution in [-0.4, -0.2) is 25.6 Å². The molecule has 2 aromatic rings. The summed E-state index contributed by atoms with van der Waals surface area (Å²) in [6, 6.07) is 14.7. The van der Waals surface area contributed by atoms with Crippen LogP contribution in [0.15, 0.2) is 48.5 Å². The van der Waals surface area contributed by atoms with E-state index in [1.165, 1.54) is 7.11 Å². The van der Waals surface area contributed by atoms with Gasteiger partial charge in [-0.1, -0.05) is 41.9 Å². The van der Waals surface area contributed by atoms with E-state index >= 15 is 0 Å². The van der Waals surface area contributed by atoms with Gasteiger partial charge in [0.05, 0.1) is 25.2 Å². The molecule has 25 heavy (non-hydrogen) atoms. The van der Waals surface area contributed by atoms with Crippen molar-refractivity contribution in [3.63, 3.8) is 0 Å². The zero-order valence-corrected chi connectivity index (χ0v) is 14.7. The van der Waals surface area contributed by atoms with Crippen LogP contribution in [0.25, 0.3) is 0 Å². The summed E-state index contributed by atoms with van der Waals surface area (Å²) in [7, 11) is 1.52. The number of hydrogen-bond donors (Lipinski definition) is 1. The van der Waals surface area contributed by atoms with E-state index in [4.69, 9.17) is 21.1 Å². The molecule has 2 aromatic carbocycles. The van der Waals surface area contributed by atoms with Crippen LogP contribution in [0.4, 0.5) is 5.69 Å². The Morgan fingerprint density at radius 2 is 1.84 bits per heavy atom. The van der Waals surface area contributed by atoms with Crippen LogP contribution < -0.4 is 10.1 Å². The summed E-state index contributed by atoms with van der Waals surface area (Å²) in [5, 5.41) is 3.09. The molecule has 1 N–H and O–H groups in total. The topological polar surface area (TPSA) is 64.6 Å². The Balaban J connectivity index is 1.68. The molecule has 0 saturated heterocycles. The minimum Gasteiger partial charge on any atom is -0.495 e. The van der Waals surface area contributed by atoms with E-state index in [0.717, 1.165) is 5.56 Å². The largest absolute Gasteiger partial charge is 0.495 e. The highest BCUT2D eigenvalue weighted by molar-refractivity contribution is 6.32. The van der Waals surface area contributed by atoms with Crippen LogP contribution in [0.2, 0.25) is 5.02 Å². The lowest BCUT2D eigenvalue weighted by atomic mass is 10.2. The average molecular weight is 362 g/mol. The van der Waals surface area contributed by atoms with Gasteiger partial charge in [0, 0.05) is 18.5 Å². The highest BCUT2D eigenvalue weighted by Gasteiger charge is 2.09. The van der Waals surface area contributed by atoms with Gasteiger partial charge in [-0.2, -0.15) is 0 Å². The van der Waals surface area contributed by atoms with Gasteiger partial charge >= 0.3 is 5.97 Å². The first-order chi connectivity index (χ1) is 12.1. The lowest BCUT2D eigenvalue weighted by molar-refractivity contribution is -0.144. The molecule has 2 rings (SSSR count). The number of methoxy groups -OCH3 is 1. The SMILES string of the molecule is COc1ccc(NC(=O)CCC(=O)OCCc2ccccc2)cc1Cl. The Labute approximate surface area is 151 Å². The van der Waals surface area contributed by atoms with E-state index in [-0.39, 0.29) is 24.7 Å². The molecule has 6 heteroatoms. The number of esters is 1. The van der Waals surface area contributed by atoms with Crippen molar-refractivity contribution >= 4 is 29.2 Å². The van der Waals surface area contributed by atoms with Gasteiger partial charge in [0.1, 0.15) is 5.75 Å². The molecule has 0 spiro atoms. The molecular weight excluding hydrogens is 342 g/mol. The third-order valence-corrected chi connectivity index (χ3v) is 3.78. The van der Waals surface area contributed by atoms with E-state index in [0.29, 0.717) is 29.5 Å². The normalized spacial score (nSPS) is 10.2. The Kier molecular flexibility index (Phi) is 7.29. The highest BCUT2D eigenvalue weighted by Crippen LogP contribution is 2.27. The molecule has 0 radical (unpaired) electrons. The first kappa shape index (κ1) is 18.8. The molecule has 0 aliphatic carbocycles. The second kappa shape index (κ2) is 9.69. The molecule has 1 amide bonds. The zero-order valence-electron chi connectivity index (χ0n) is 14.0. The van der Waals surface area contributed by atoms with Crippen LogP contribution in [0.3, 0.4) is 0 Å². The number of benzene rings is 2. The molecular formula is C19H20ClNO4. The number of carbonyl (C=O) groups is 2. The van der Waals surface area contributed by atoms with Crippen molar-refractivity contribution in [3.8, 4) is 5.75 Å². The Bertz CT molecular complexity index is 719. The number of anilines is 1. The number of rotatable bonds is 8. The fourth-order valence-electron chi connectivity index (χ4n) is 2.18. The van der Waals surface area contributed by atoms with E-state index in [1.807, 2.05) is 30.3 Å². The van der Waals surface area contributed by atoms with Gasteiger partial charge in [0.15, 0.2) is 0 Å². The maximum Gasteiger partial charge on any atom is 0.306 e. The van der Waals surface area contributed by atoms with Gasteiger partial charge in [0.25, 0.3) is 0 Å². The summed E-state index contributed by atoms with van der Waals surface area (Å²) in [6.07, 6.45) is 0.738.